The number of nitrogens with two attached hydrogens (primary N) is 1. The zero-order valence-electron chi connectivity index (χ0n) is 11.9. The third kappa shape index (κ3) is 2.78. The van der Waals surface area contributed by atoms with Gasteiger partial charge in [0.25, 0.3) is 5.91 Å². The monoisotopic (exact) mass is 309 g/mol. The molecule has 1 atom stereocenters. The Balaban J connectivity index is 1.77. The number of nitrogens with zero attached hydrogens (tertiary/aromatic N) is 2. The maximum Gasteiger partial charge on any atom is 0.272 e. The molecule has 114 valence electrons. The van der Waals surface area contributed by atoms with Gasteiger partial charge in [0.1, 0.15) is 5.69 Å². The van der Waals surface area contributed by atoms with Gasteiger partial charge in [0.2, 0.25) is 0 Å². The van der Waals surface area contributed by atoms with Crippen LogP contribution in [-0.2, 0) is 4.74 Å². The minimum absolute atomic E-state index is 0.0338. The number of hydrogen-bond donors (Lipinski definition) is 1. The van der Waals surface area contributed by atoms with Gasteiger partial charge in [0.05, 0.1) is 5.02 Å². The highest BCUT2D eigenvalue weighted by Gasteiger charge is 2.48. The van der Waals surface area contributed by atoms with Crippen LogP contribution in [0.25, 0.3) is 0 Å². The van der Waals surface area contributed by atoms with E-state index in [1.165, 1.54) is 6.20 Å². The number of aromatic nitrogens is 1. The van der Waals surface area contributed by atoms with E-state index in [0.717, 1.165) is 32.6 Å². The van der Waals surface area contributed by atoms with Crippen molar-refractivity contribution in [3.8, 4) is 0 Å². The van der Waals surface area contributed by atoms with Gasteiger partial charge in [-0.3, -0.25) is 4.79 Å². The molecule has 2 N–H and O–H groups in total. The van der Waals surface area contributed by atoms with Crippen molar-refractivity contribution in [3.63, 3.8) is 0 Å². The molecule has 2 aliphatic heterocycles. The fraction of sp³-hybridized carbons (Fsp3) is 0.600. The summed E-state index contributed by atoms with van der Waals surface area (Å²) in [5.74, 6) is 0.311. The Hall–Kier alpha value is -1.17. The van der Waals surface area contributed by atoms with Crippen LogP contribution >= 0.6 is 11.6 Å². The van der Waals surface area contributed by atoms with Gasteiger partial charge in [-0.25, -0.2) is 4.98 Å². The second-order valence-corrected chi connectivity index (χ2v) is 6.39. The van der Waals surface area contributed by atoms with Crippen molar-refractivity contribution in [1.29, 1.82) is 0 Å². The summed E-state index contributed by atoms with van der Waals surface area (Å²) >= 11 is 5.82. The number of ether oxygens (including phenoxy) is 1. The molecule has 5 nitrogen and oxygen atoms in total. The van der Waals surface area contributed by atoms with Crippen molar-refractivity contribution in [3.05, 3.63) is 29.0 Å². The number of carbonyl (C=O) groups excluding carboxylic acids is 1. The van der Waals surface area contributed by atoms with Gasteiger partial charge in [-0.05, 0) is 42.9 Å². The van der Waals surface area contributed by atoms with Crippen LogP contribution in [0.5, 0.6) is 0 Å². The average Bonchev–Trinajstić information content (AvgIpc) is 2.86. The highest BCUT2D eigenvalue weighted by molar-refractivity contribution is 6.30. The maximum atomic E-state index is 12.6. The summed E-state index contributed by atoms with van der Waals surface area (Å²) < 4.78 is 5.47. The molecule has 0 aliphatic carbocycles. The van der Waals surface area contributed by atoms with E-state index in [1.54, 1.807) is 12.1 Å². The number of likely N-dealkylation sites (tertiary alicyclic amines) is 1. The second kappa shape index (κ2) is 5.91. The summed E-state index contributed by atoms with van der Waals surface area (Å²) in [6, 6.07) is 3.37. The van der Waals surface area contributed by atoms with Gasteiger partial charge in [0, 0.05) is 32.5 Å². The van der Waals surface area contributed by atoms with Crippen molar-refractivity contribution in [2.75, 3.05) is 32.8 Å². The molecule has 2 fully saturated rings. The molecule has 0 saturated carbocycles. The van der Waals surface area contributed by atoms with E-state index >= 15 is 0 Å². The van der Waals surface area contributed by atoms with Crippen molar-refractivity contribution in [2.45, 2.75) is 12.8 Å². The van der Waals surface area contributed by atoms with Crippen LogP contribution in [0.1, 0.15) is 23.3 Å². The fourth-order valence-electron chi connectivity index (χ4n) is 3.52. The van der Waals surface area contributed by atoms with Crippen molar-refractivity contribution >= 4 is 17.5 Å². The van der Waals surface area contributed by atoms with E-state index in [4.69, 9.17) is 22.1 Å². The van der Waals surface area contributed by atoms with Gasteiger partial charge >= 0.3 is 0 Å². The minimum atomic E-state index is -0.0338. The topological polar surface area (TPSA) is 68.5 Å². The lowest BCUT2D eigenvalue weighted by molar-refractivity contribution is 0.00137. The molecular weight excluding hydrogens is 290 g/mol. The first-order valence-electron chi connectivity index (χ1n) is 7.33. The molecule has 3 heterocycles. The molecule has 3 rings (SSSR count). The molecular formula is C15H20ClN3O2. The van der Waals surface area contributed by atoms with Crippen molar-refractivity contribution in [1.82, 2.24) is 9.88 Å². The largest absolute Gasteiger partial charge is 0.381 e. The standard InChI is InChI=1S/C15H20ClN3O2/c16-12-1-2-13(18-8-12)14(20)19-9-11(7-17)15(10-19)3-5-21-6-4-15/h1-2,8,11H,3-7,9-10,17H2. The molecule has 0 bridgehead atoms. The first-order valence-corrected chi connectivity index (χ1v) is 7.71. The third-order valence-electron chi connectivity index (χ3n) is 4.82. The predicted octanol–water partition coefficient (Wildman–Crippen LogP) is 1.56. The summed E-state index contributed by atoms with van der Waals surface area (Å²) in [6.07, 6.45) is 3.47. The molecule has 0 aromatic carbocycles. The molecule has 1 unspecified atom stereocenters. The van der Waals surface area contributed by atoms with E-state index < -0.39 is 0 Å². The first kappa shape index (κ1) is 14.8. The molecule has 2 saturated heterocycles. The second-order valence-electron chi connectivity index (χ2n) is 5.95. The Bertz CT molecular complexity index is 514. The van der Waals surface area contributed by atoms with Gasteiger partial charge in [-0.1, -0.05) is 11.6 Å². The molecule has 6 heteroatoms. The lowest BCUT2D eigenvalue weighted by atomic mass is 9.72. The summed E-state index contributed by atoms with van der Waals surface area (Å²) in [4.78, 5) is 18.6. The Morgan fingerprint density at radius 3 is 2.86 bits per heavy atom. The highest BCUT2D eigenvalue weighted by Crippen LogP contribution is 2.44. The average molecular weight is 310 g/mol. The smallest absolute Gasteiger partial charge is 0.272 e. The van der Waals surface area contributed by atoms with E-state index in [2.05, 4.69) is 4.98 Å². The molecule has 0 radical (unpaired) electrons. The molecule has 21 heavy (non-hydrogen) atoms. The molecule has 1 amide bonds. The van der Waals surface area contributed by atoms with Crippen LogP contribution in [0.3, 0.4) is 0 Å². The number of hydrogen-bond acceptors (Lipinski definition) is 4. The Labute approximate surface area is 129 Å². The van der Waals surface area contributed by atoms with Crippen LogP contribution in [0.2, 0.25) is 5.02 Å². The number of halogens is 1. The van der Waals surface area contributed by atoms with Crippen LogP contribution < -0.4 is 5.73 Å². The highest BCUT2D eigenvalue weighted by atomic mass is 35.5. The van der Waals surface area contributed by atoms with Gasteiger partial charge in [-0.15, -0.1) is 0 Å². The van der Waals surface area contributed by atoms with Gasteiger partial charge in [0.15, 0.2) is 0 Å². The predicted molar refractivity (Wildman–Crippen MR) is 80.2 cm³/mol. The third-order valence-corrected chi connectivity index (χ3v) is 5.04. The maximum absolute atomic E-state index is 12.6. The normalized spacial score (nSPS) is 24.5. The van der Waals surface area contributed by atoms with E-state index in [-0.39, 0.29) is 11.3 Å². The quantitative estimate of drug-likeness (QED) is 0.900. The molecule has 1 aromatic heterocycles. The summed E-state index contributed by atoms with van der Waals surface area (Å²) in [5, 5.41) is 0.536. The van der Waals surface area contributed by atoms with Gasteiger partial charge < -0.3 is 15.4 Å². The number of rotatable bonds is 2. The molecule has 1 spiro atoms. The zero-order valence-corrected chi connectivity index (χ0v) is 12.7. The Morgan fingerprint density at radius 1 is 1.48 bits per heavy atom. The van der Waals surface area contributed by atoms with Crippen LogP contribution in [0, 0.1) is 11.3 Å². The molecule has 1 aromatic rings. The van der Waals surface area contributed by atoms with Gasteiger partial charge in [-0.2, -0.15) is 0 Å². The lowest BCUT2D eigenvalue weighted by Gasteiger charge is -2.37. The fourth-order valence-corrected chi connectivity index (χ4v) is 3.63. The number of pyridine rings is 1. The van der Waals surface area contributed by atoms with E-state index in [1.807, 2.05) is 4.90 Å². The minimum Gasteiger partial charge on any atom is -0.381 e. The summed E-state index contributed by atoms with van der Waals surface area (Å²) in [5.41, 5.74) is 6.51. The first-order chi connectivity index (χ1) is 10.1. The summed E-state index contributed by atoms with van der Waals surface area (Å²) in [6.45, 7) is 3.59. The molecule has 2 aliphatic rings. The van der Waals surface area contributed by atoms with Crippen molar-refractivity contribution in [2.24, 2.45) is 17.1 Å². The zero-order chi connectivity index (χ0) is 14.9. The van der Waals surface area contributed by atoms with E-state index in [9.17, 15) is 4.79 Å². The summed E-state index contributed by atoms with van der Waals surface area (Å²) in [7, 11) is 0. The lowest BCUT2D eigenvalue weighted by Crippen LogP contribution is -2.40. The van der Waals surface area contributed by atoms with Crippen molar-refractivity contribution < 1.29 is 9.53 Å². The van der Waals surface area contributed by atoms with Crippen LogP contribution in [-0.4, -0.2) is 48.6 Å². The number of amides is 1. The SMILES string of the molecule is NCC1CN(C(=O)c2ccc(Cl)cn2)CC12CCOCC2. The van der Waals surface area contributed by atoms with Crippen LogP contribution in [0.15, 0.2) is 18.3 Å². The number of carbonyl (C=O) groups is 1. The Kier molecular flexibility index (Phi) is 4.15. The van der Waals surface area contributed by atoms with E-state index in [0.29, 0.717) is 29.7 Å². The Morgan fingerprint density at radius 2 is 2.24 bits per heavy atom. The van der Waals surface area contributed by atoms with Crippen LogP contribution in [0.4, 0.5) is 0 Å².